The quantitative estimate of drug-likeness (QED) is 0.336. The number of fused-ring (bicyclic) bond motifs is 3. The minimum Gasteiger partial charge on any atom is -0.506 e. The molecule has 0 saturated carbocycles. The van der Waals surface area contributed by atoms with Gasteiger partial charge in [0.1, 0.15) is 33.6 Å². The third-order valence-electron chi connectivity index (χ3n) is 5.10. The molecule has 4 rings (SSSR count). The Kier molecular flexibility index (Phi) is 4.57. The molecule has 30 heavy (non-hydrogen) atoms. The molecule has 0 aliphatic heterocycles. The molecule has 2 aromatic carbocycles. The predicted molar refractivity (Wildman–Crippen MR) is 117 cm³/mol. The molecule has 0 atom stereocenters. The summed E-state index contributed by atoms with van der Waals surface area (Å²) in [6.07, 6.45) is 2.29. The zero-order chi connectivity index (χ0) is 21.7. The van der Waals surface area contributed by atoms with Crippen molar-refractivity contribution >= 4 is 38.5 Å². The van der Waals surface area contributed by atoms with Crippen LogP contribution >= 0.6 is 0 Å². The van der Waals surface area contributed by atoms with E-state index in [9.17, 15) is 15.0 Å². The van der Waals surface area contributed by atoms with Crippen LogP contribution in [-0.4, -0.2) is 17.3 Å². The lowest BCUT2D eigenvalue weighted by molar-refractivity contribution is 0.370. The van der Waals surface area contributed by atoms with Crippen molar-refractivity contribution < 1.29 is 23.8 Å². The van der Waals surface area contributed by atoms with Crippen molar-refractivity contribution in [2.24, 2.45) is 0 Å². The lowest BCUT2D eigenvalue weighted by Gasteiger charge is -2.13. The van der Waals surface area contributed by atoms with E-state index in [-0.39, 0.29) is 39.2 Å². The number of hydrogen-bond donors (Lipinski definition) is 2. The molecule has 154 valence electrons. The van der Waals surface area contributed by atoms with Crippen molar-refractivity contribution in [3.8, 4) is 17.2 Å². The maximum absolute atomic E-state index is 13.5. The highest BCUT2D eigenvalue weighted by Crippen LogP contribution is 2.40. The van der Waals surface area contributed by atoms with Crippen LogP contribution < -0.4 is 10.2 Å². The highest BCUT2D eigenvalue weighted by atomic mass is 16.5. The number of rotatable bonds is 4. The van der Waals surface area contributed by atoms with Crippen LogP contribution in [0.25, 0.3) is 38.5 Å². The second kappa shape index (κ2) is 6.99. The monoisotopic (exact) mass is 406 g/mol. The first kappa shape index (κ1) is 19.6. The highest BCUT2D eigenvalue weighted by Gasteiger charge is 2.22. The smallest absolute Gasteiger partial charge is 0.204 e. The van der Waals surface area contributed by atoms with E-state index in [1.165, 1.54) is 13.2 Å². The summed E-state index contributed by atoms with van der Waals surface area (Å²) in [5.74, 6) is 0.378. The van der Waals surface area contributed by atoms with Gasteiger partial charge in [0.25, 0.3) is 0 Å². The van der Waals surface area contributed by atoms with E-state index in [1.807, 2.05) is 19.9 Å². The highest BCUT2D eigenvalue weighted by molar-refractivity contribution is 6.05. The number of hydrogen-bond acceptors (Lipinski definition) is 6. The summed E-state index contributed by atoms with van der Waals surface area (Å²) in [5, 5.41) is 22.0. The summed E-state index contributed by atoms with van der Waals surface area (Å²) >= 11 is 0. The van der Waals surface area contributed by atoms with Crippen LogP contribution in [0.15, 0.2) is 50.1 Å². The third-order valence-corrected chi connectivity index (χ3v) is 5.10. The molecule has 0 saturated heterocycles. The Morgan fingerprint density at radius 3 is 2.40 bits per heavy atom. The van der Waals surface area contributed by atoms with Gasteiger partial charge in [-0.3, -0.25) is 4.79 Å². The summed E-state index contributed by atoms with van der Waals surface area (Å²) in [6, 6.07) is 4.57. The summed E-state index contributed by atoms with van der Waals surface area (Å²) in [6.45, 7) is 9.52. The molecule has 0 aliphatic rings. The van der Waals surface area contributed by atoms with Gasteiger partial charge in [0, 0.05) is 17.7 Å². The van der Waals surface area contributed by atoms with E-state index in [0.717, 1.165) is 5.57 Å². The zero-order valence-corrected chi connectivity index (χ0v) is 17.3. The molecule has 0 amide bonds. The van der Waals surface area contributed by atoms with Crippen molar-refractivity contribution in [3.05, 3.63) is 58.0 Å². The standard InChI is InChI=1S/C24H22O6/c1-11(2)6-7-13-20-18(9-15(25)24(13)28-5)30-19-10-17-14(8-16(29-17)12(3)4)22(26)21(19)23(20)27/h6,8-10,25-26H,3,7H2,1-2,4-5H3. The number of aromatic hydroxyl groups is 2. The summed E-state index contributed by atoms with van der Waals surface area (Å²) in [7, 11) is 1.43. The fraction of sp³-hybridized carbons (Fsp3) is 0.208. The Morgan fingerprint density at radius 1 is 1.07 bits per heavy atom. The van der Waals surface area contributed by atoms with Crippen LogP contribution in [0.5, 0.6) is 17.2 Å². The van der Waals surface area contributed by atoms with Gasteiger partial charge in [0.15, 0.2) is 11.5 Å². The van der Waals surface area contributed by atoms with Gasteiger partial charge < -0.3 is 23.8 Å². The van der Waals surface area contributed by atoms with Crippen LogP contribution in [0.4, 0.5) is 0 Å². The molecule has 2 aromatic heterocycles. The Morgan fingerprint density at radius 2 is 1.77 bits per heavy atom. The van der Waals surface area contributed by atoms with Crippen molar-refractivity contribution in [3.63, 3.8) is 0 Å². The van der Waals surface area contributed by atoms with Gasteiger partial charge in [-0.25, -0.2) is 0 Å². The van der Waals surface area contributed by atoms with Gasteiger partial charge in [-0.2, -0.15) is 0 Å². The molecule has 0 fully saturated rings. The number of phenolic OH excluding ortho intramolecular Hbond substituents is 2. The van der Waals surface area contributed by atoms with Crippen molar-refractivity contribution in [1.29, 1.82) is 0 Å². The molecule has 0 aliphatic carbocycles. The largest absolute Gasteiger partial charge is 0.506 e. The van der Waals surface area contributed by atoms with E-state index in [4.69, 9.17) is 13.6 Å². The normalized spacial score (nSPS) is 11.3. The Labute approximate surface area is 172 Å². The van der Waals surface area contributed by atoms with Crippen molar-refractivity contribution in [1.82, 2.24) is 0 Å². The fourth-order valence-corrected chi connectivity index (χ4v) is 3.63. The molecule has 4 aromatic rings. The second-order valence-corrected chi connectivity index (χ2v) is 7.60. The lowest BCUT2D eigenvalue weighted by atomic mass is 10.00. The van der Waals surface area contributed by atoms with Gasteiger partial charge in [0.2, 0.25) is 5.43 Å². The molecule has 6 heteroatoms. The molecule has 2 heterocycles. The number of methoxy groups -OCH3 is 1. The van der Waals surface area contributed by atoms with Crippen LogP contribution in [0.3, 0.4) is 0 Å². The minimum absolute atomic E-state index is 0.0512. The number of phenols is 2. The Bertz CT molecular complexity index is 1430. The van der Waals surface area contributed by atoms with Gasteiger partial charge in [0.05, 0.1) is 17.9 Å². The first-order valence-electron chi connectivity index (χ1n) is 9.47. The number of ether oxygens (including phenoxy) is 1. The molecule has 0 bridgehead atoms. The van der Waals surface area contributed by atoms with Gasteiger partial charge >= 0.3 is 0 Å². The van der Waals surface area contributed by atoms with Gasteiger partial charge in [-0.05, 0) is 38.8 Å². The molecule has 0 unspecified atom stereocenters. The fourth-order valence-electron chi connectivity index (χ4n) is 3.63. The van der Waals surface area contributed by atoms with E-state index >= 15 is 0 Å². The Hall–Kier alpha value is -3.67. The maximum Gasteiger partial charge on any atom is 0.204 e. The SMILES string of the molecule is C=C(C)c1cc2c(O)c3c(=O)c4c(CC=C(C)C)c(OC)c(O)cc4oc3cc2o1. The average molecular weight is 406 g/mol. The van der Waals surface area contributed by atoms with Crippen LogP contribution in [0.2, 0.25) is 0 Å². The number of furan rings is 1. The topological polar surface area (TPSA) is 93.0 Å². The van der Waals surface area contributed by atoms with E-state index < -0.39 is 5.43 Å². The number of allylic oxidation sites excluding steroid dienone is 3. The minimum atomic E-state index is -0.404. The predicted octanol–water partition coefficient (Wildman–Crippen LogP) is 5.65. The van der Waals surface area contributed by atoms with Crippen molar-refractivity contribution in [2.75, 3.05) is 7.11 Å². The summed E-state index contributed by atoms with van der Waals surface area (Å²) < 4.78 is 17.0. The van der Waals surface area contributed by atoms with Crippen molar-refractivity contribution in [2.45, 2.75) is 27.2 Å². The van der Waals surface area contributed by atoms with E-state index in [2.05, 4.69) is 6.58 Å². The molecule has 6 nitrogen and oxygen atoms in total. The van der Waals surface area contributed by atoms with E-state index in [0.29, 0.717) is 34.3 Å². The molecular weight excluding hydrogens is 384 g/mol. The van der Waals surface area contributed by atoms with Gasteiger partial charge in [-0.15, -0.1) is 0 Å². The van der Waals surface area contributed by atoms with Crippen LogP contribution in [-0.2, 0) is 6.42 Å². The second-order valence-electron chi connectivity index (χ2n) is 7.60. The molecule has 0 spiro atoms. The molecule has 0 radical (unpaired) electrons. The lowest BCUT2D eigenvalue weighted by Crippen LogP contribution is -2.07. The average Bonchev–Trinajstić information content (AvgIpc) is 3.10. The first-order valence-corrected chi connectivity index (χ1v) is 9.47. The molecular formula is C24H22O6. The van der Waals surface area contributed by atoms with Crippen LogP contribution in [0, 0.1) is 0 Å². The maximum atomic E-state index is 13.5. The zero-order valence-electron chi connectivity index (χ0n) is 17.3. The van der Waals surface area contributed by atoms with Crippen LogP contribution in [0.1, 0.15) is 32.1 Å². The summed E-state index contributed by atoms with van der Waals surface area (Å²) in [4.78, 5) is 13.5. The summed E-state index contributed by atoms with van der Waals surface area (Å²) in [5.41, 5.74) is 2.58. The number of benzene rings is 2. The molecule has 2 N–H and O–H groups in total. The third kappa shape index (κ3) is 2.92. The Balaban J connectivity index is 2.17. The van der Waals surface area contributed by atoms with E-state index in [1.54, 1.807) is 19.1 Å². The first-order chi connectivity index (χ1) is 14.2. The van der Waals surface area contributed by atoms with Gasteiger partial charge in [-0.1, -0.05) is 18.2 Å².